The molecule has 1 N–H and O–H groups in total. The van der Waals surface area contributed by atoms with Crippen molar-refractivity contribution in [3.63, 3.8) is 0 Å². The van der Waals surface area contributed by atoms with E-state index in [1.54, 1.807) is 36.4 Å². The number of carbonyl (C=O) groups excluding carboxylic acids is 1. The van der Waals surface area contributed by atoms with Crippen LogP contribution in [-0.2, 0) is 0 Å². The standard InChI is InChI=1S/C15H10ClIN2O/c1-9-2-3-10(8-18)6-14(9)19-15(20)11-4-5-13(17)12(16)7-11/h2-7H,1H3,(H,19,20). The van der Waals surface area contributed by atoms with Gasteiger partial charge in [0.25, 0.3) is 5.91 Å². The highest BCUT2D eigenvalue weighted by Gasteiger charge is 2.10. The van der Waals surface area contributed by atoms with Crippen molar-refractivity contribution in [1.29, 1.82) is 5.26 Å². The molecule has 0 aliphatic carbocycles. The molecule has 0 saturated carbocycles. The fourth-order valence-electron chi connectivity index (χ4n) is 1.66. The van der Waals surface area contributed by atoms with E-state index in [1.807, 2.05) is 6.92 Å². The number of amides is 1. The Kier molecular flexibility index (Phi) is 4.63. The smallest absolute Gasteiger partial charge is 0.255 e. The first-order chi connectivity index (χ1) is 9.51. The molecule has 0 unspecified atom stereocenters. The van der Waals surface area contributed by atoms with E-state index in [0.717, 1.165) is 9.13 Å². The zero-order valence-electron chi connectivity index (χ0n) is 10.6. The van der Waals surface area contributed by atoms with E-state index in [-0.39, 0.29) is 5.91 Å². The quantitative estimate of drug-likeness (QED) is 0.766. The largest absolute Gasteiger partial charge is 0.322 e. The number of nitrogens with zero attached hydrogens (tertiary/aromatic N) is 1. The molecule has 0 spiro atoms. The Morgan fingerprint density at radius 2 is 2.05 bits per heavy atom. The Hall–Kier alpha value is -1.58. The van der Waals surface area contributed by atoms with Crippen molar-refractivity contribution >= 4 is 45.8 Å². The fraction of sp³-hybridized carbons (Fsp3) is 0.0667. The van der Waals surface area contributed by atoms with Gasteiger partial charge in [-0.25, -0.2) is 0 Å². The number of aryl methyl sites for hydroxylation is 1. The molecule has 0 aliphatic rings. The monoisotopic (exact) mass is 396 g/mol. The van der Waals surface area contributed by atoms with Gasteiger partial charge >= 0.3 is 0 Å². The molecule has 0 atom stereocenters. The first-order valence-electron chi connectivity index (χ1n) is 5.78. The molecule has 1 amide bonds. The third-order valence-electron chi connectivity index (χ3n) is 2.80. The highest BCUT2D eigenvalue weighted by Crippen LogP contribution is 2.21. The summed E-state index contributed by atoms with van der Waals surface area (Å²) in [6, 6.07) is 12.4. The van der Waals surface area contributed by atoms with E-state index in [0.29, 0.717) is 21.8 Å². The summed E-state index contributed by atoms with van der Waals surface area (Å²) in [5, 5.41) is 12.2. The lowest BCUT2D eigenvalue weighted by Gasteiger charge is -2.09. The Bertz CT molecular complexity index is 722. The van der Waals surface area contributed by atoms with Gasteiger partial charge in [0, 0.05) is 14.8 Å². The van der Waals surface area contributed by atoms with Crippen LogP contribution < -0.4 is 5.32 Å². The predicted octanol–water partition coefficient (Wildman–Crippen LogP) is 4.38. The van der Waals surface area contributed by atoms with Gasteiger partial charge in [-0.15, -0.1) is 0 Å². The predicted molar refractivity (Wildman–Crippen MR) is 88.0 cm³/mol. The second-order valence-electron chi connectivity index (χ2n) is 4.22. The molecule has 2 aromatic rings. The normalized spacial score (nSPS) is 9.90. The molecule has 0 fully saturated rings. The number of nitrogens with one attached hydrogen (secondary N) is 1. The lowest BCUT2D eigenvalue weighted by molar-refractivity contribution is 0.102. The molecule has 0 aliphatic heterocycles. The fourth-order valence-corrected chi connectivity index (χ4v) is 2.17. The van der Waals surface area contributed by atoms with Crippen LogP contribution in [0.3, 0.4) is 0 Å². The van der Waals surface area contributed by atoms with Crippen LogP contribution in [-0.4, -0.2) is 5.91 Å². The summed E-state index contributed by atoms with van der Waals surface area (Å²) >= 11 is 8.11. The summed E-state index contributed by atoms with van der Waals surface area (Å²) in [7, 11) is 0. The second-order valence-corrected chi connectivity index (χ2v) is 5.79. The Morgan fingerprint density at radius 3 is 2.70 bits per heavy atom. The summed E-state index contributed by atoms with van der Waals surface area (Å²) in [5.74, 6) is -0.249. The van der Waals surface area contributed by atoms with Gasteiger partial charge in [-0.3, -0.25) is 4.79 Å². The molecular formula is C15H10ClIN2O. The van der Waals surface area contributed by atoms with Crippen LogP contribution in [0.4, 0.5) is 5.69 Å². The van der Waals surface area contributed by atoms with Crippen LogP contribution in [0.15, 0.2) is 36.4 Å². The topological polar surface area (TPSA) is 52.9 Å². The molecule has 0 radical (unpaired) electrons. The molecule has 0 heterocycles. The van der Waals surface area contributed by atoms with Crippen molar-refractivity contribution in [3.05, 3.63) is 61.7 Å². The SMILES string of the molecule is Cc1ccc(C#N)cc1NC(=O)c1ccc(I)c(Cl)c1. The van der Waals surface area contributed by atoms with Crippen molar-refractivity contribution in [2.24, 2.45) is 0 Å². The van der Waals surface area contributed by atoms with Crippen LogP contribution in [0.25, 0.3) is 0 Å². The van der Waals surface area contributed by atoms with Crippen molar-refractivity contribution in [2.45, 2.75) is 6.92 Å². The van der Waals surface area contributed by atoms with Crippen molar-refractivity contribution in [3.8, 4) is 6.07 Å². The molecule has 2 aromatic carbocycles. The Morgan fingerprint density at radius 1 is 1.30 bits per heavy atom. The molecule has 2 rings (SSSR count). The van der Waals surface area contributed by atoms with Gasteiger partial charge in [0.1, 0.15) is 0 Å². The van der Waals surface area contributed by atoms with E-state index in [2.05, 4.69) is 34.0 Å². The first kappa shape index (κ1) is 14.8. The lowest BCUT2D eigenvalue weighted by Crippen LogP contribution is -2.13. The van der Waals surface area contributed by atoms with E-state index < -0.39 is 0 Å². The number of nitriles is 1. The number of halogens is 2. The molecular weight excluding hydrogens is 387 g/mol. The molecule has 0 aromatic heterocycles. The maximum absolute atomic E-state index is 12.2. The minimum Gasteiger partial charge on any atom is -0.322 e. The molecule has 100 valence electrons. The maximum atomic E-state index is 12.2. The summed E-state index contributed by atoms with van der Waals surface area (Å²) in [4.78, 5) is 12.2. The minimum absolute atomic E-state index is 0.249. The zero-order valence-corrected chi connectivity index (χ0v) is 13.5. The molecule has 20 heavy (non-hydrogen) atoms. The number of benzene rings is 2. The summed E-state index contributed by atoms with van der Waals surface area (Å²) < 4.78 is 0.892. The van der Waals surface area contributed by atoms with Gasteiger partial charge < -0.3 is 5.32 Å². The summed E-state index contributed by atoms with van der Waals surface area (Å²) in [5.41, 5.74) is 2.52. The van der Waals surface area contributed by atoms with Crippen LogP contribution in [0.5, 0.6) is 0 Å². The van der Waals surface area contributed by atoms with E-state index in [1.165, 1.54) is 0 Å². The highest BCUT2D eigenvalue weighted by molar-refractivity contribution is 14.1. The first-order valence-corrected chi connectivity index (χ1v) is 7.24. The van der Waals surface area contributed by atoms with Crippen LogP contribution in [0.1, 0.15) is 21.5 Å². The third-order valence-corrected chi connectivity index (χ3v) is 4.37. The number of hydrogen-bond acceptors (Lipinski definition) is 2. The van der Waals surface area contributed by atoms with Crippen LogP contribution >= 0.6 is 34.2 Å². The van der Waals surface area contributed by atoms with Crippen molar-refractivity contribution < 1.29 is 4.79 Å². The van der Waals surface area contributed by atoms with E-state index in [9.17, 15) is 4.79 Å². The number of rotatable bonds is 2. The Labute approximate surface area is 135 Å². The average molecular weight is 397 g/mol. The Balaban J connectivity index is 2.28. The van der Waals surface area contributed by atoms with Crippen LogP contribution in [0.2, 0.25) is 5.02 Å². The van der Waals surface area contributed by atoms with E-state index >= 15 is 0 Å². The second kappa shape index (κ2) is 6.25. The summed E-state index contributed by atoms with van der Waals surface area (Å²) in [6.45, 7) is 1.87. The third kappa shape index (κ3) is 3.30. The molecule has 0 saturated heterocycles. The maximum Gasteiger partial charge on any atom is 0.255 e. The number of carbonyl (C=O) groups is 1. The van der Waals surface area contributed by atoms with Gasteiger partial charge in [0.2, 0.25) is 0 Å². The minimum atomic E-state index is -0.249. The lowest BCUT2D eigenvalue weighted by atomic mass is 10.1. The van der Waals surface area contributed by atoms with Gasteiger partial charge in [-0.1, -0.05) is 17.7 Å². The average Bonchev–Trinajstić information content (AvgIpc) is 2.44. The van der Waals surface area contributed by atoms with Gasteiger partial charge in [0.05, 0.1) is 16.7 Å². The summed E-state index contributed by atoms with van der Waals surface area (Å²) in [6.07, 6.45) is 0. The van der Waals surface area contributed by atoms with E-state index in [4.69, 9.17) is 16.9 Å². The van der Waals surface area contributed by atoms with Gasteiger partial charge in [-0.2, -0.15) is 5.26 Å². The molecule has 0 bridgehead atoms. The highest BCUT2D eigenvalue weighted by atomic mass is 127. The molecule has 3 nitrogen and oxygen atoms in total. The van der Waals surface area contributed by atoms with Gasteiger partial charge in [0.15, 0.2) is 0 Å². The zero-order chi connectivity index (χ0) is 14.7. The van der Waals surface area contributed by atoms with Gasteiger partial charge in [-0.05, 0) is 65.4 Å². The number of hydrogen-bond donors (Lipinski definition) is 1. The number of anilines is 1. The van der Waals surface area contributed by atoms with Crippen molar-refractivity contribution in [2.75, 3.05) is 5.32 Å². The van der Waals surface area contributed by atoms with Crippen LogP contribution in [0, 0.1) is 21.8 Å². The molecule has 5 heteroatoms. The van der Waals surface area contributed by atoms with Crippen molar-refractivity contribution in [1.82, 2.24) is 0 Å².